The van der Waals surface area contributed by atoms with E-state index in [0.29, 0.717) is 0 Å². The van der Waals surface area contributed by atoms with Crippen molar-refractivity contribution in [1.82, 2.24) is 0 Å². The third-order valence-electron chi connectivity index (χ3n) is 1.11. The topological polar surface area (TPSA) is 54.4 Å². The maximum atomic E-state index is 12.5. The minimum atomic E-state index is -4.41. The van der Waals surface area contributed by atoms with Crippen molar-refractivity contribution in [3.05, 3.63) is 30.1 Å². The van der Waals surface area contributed by atoms with Crippen LogP contribution in [0.5, 0.6) is 0 Å². The van der Waals surface area contributed by atoms with Gasteiger partial charge in [0.05, 0.1) is 0 Å². The van der Waals surface area contributed by atoms with Crippen LogP contribution in [0.3, 0.4) is 0 Å². The summed E-state index contributed by atoms with van der Waals surface area (Å²) < 4.78 is 41.7. The van der Waals surface area contributed by atoms with Crippen LogP contribution in [-0.4, -0.2) is 13.0 Å². The molecule has 0 aliphatic rings. The van der Waals surface area contributed by atoms with Crippen molar-refractivity contribution in [3.63, 3.8) is 0 Å². The van der Waals surface area contributed by atoms with Crippen LogP contribution in [0.15, 0.2) is 29.2 Å². The second kappa shape index (κ2) is 4.80. The van der Waals surface area contributed by atoms with Crippen molar-refractivity contribution in [2.75, 3.05) is 0 Å². The molecule has 0 spiro atoms. The number of hydrogen-bond acceptors (Lipinski definition) is 2. The van der Waals surface area contributed by atoms with Crippen molar-refractivity contribution >= 4 is 10.1 Å². The van der Waals surface area contributed by atoms with Gasteiger partial charge in [0.25, 0.3) is 10.1 Å². The summed E-state index contributed by atoms with van der Waals surface area (Å²) in [5.74, 6) is -0.949. The van der Waals surface area contributed by atoms with Crippen LogP contribution in [-0.2, 0) is 10.1 Å². The zero-order valence-corrected chi connectivity index (χ0v) is 10.3. The van der Waals surface area contributed by atoms with E-state index in [4.69, 9.17) is 4.55 Å². The Bertz CT molecular complexity index is 368. The van der Waals surface area contributed by atoms with Gasteiger partial charge in [-0.2, -0.15) is 8.42 Å². The summed E-state index contributed by atoms with van der Waals surface area (Å²) in [6.45, 7) is 0. The van der Waals surface area contributed by atoms with E-state index in [2.05, 4.69) is 0 Å². The van der Waals surface area contributed by atoms with Crippen molar-refractivity contribution in [2.45, 2.75) is 4.90 Å². The van der Waals surface area contributed by atoms with Crippen LogP contribution in [0.1, 0.15) is 1.43 Å². The van der Waals surface area contributed by atoms with Gasteiger partial charge in [-0.25, -0.2) is 4.39 Å². The molecule has 0 amide bonds. The van der Waals surface area contributed by atoms with Crippen LogP contribution < -0.4 is 51.4 Å². The first-order chi connectivity index (χ1) is 5.02. The van der Waals surface area contributed by atoms with E-state index in [1.807, 2.05) is 0 Å². The van der Waals surface area contributed by atoms with Crippen LogP contribution in [0.25, 0.3) is 0 Å². The summed E-state index contributed by atoms with van der Waals surface area (Å²) in [6.07, 6.45) is 0. The molecule has 1 rings (SSSR count). The first-order valence-corrected chi connectivity index (χ1v) is 4.18. The second-order valence-electron chi connectivity index (χ2n) is 1.91. The maximum absolute atomic E-state index is 12.5. The summed E-state index contributed by atoms with van der Waals surface area (Å²) >= 11 is 0. The fourth-order valence-electron chi connectivity index (χ4n) is 0.654. The predicted octanol–water partition coefficient (Wildman–Crippen LogP) is -1.81. The minimum Gasteiger partial charge on any atom is -1.00 e. The second-order valence-corrected chi connectivity index (χ2v) is 3.30. The van der Waals surface area contributed by atoms with Crippen molar-refractivity contribution in [2.24, 2.45) is 0 Å². The van der Waals surface area contributed by atoms with Gasteiger partial charge in [0.1, 0.15) is 10.7 Å². The van der Waals surface area contributed by atoms with E-state index in [1.165, 1.54) is 12.1 Å². The SMILES string of the molecule is O=S(=O)(O)c1ccccc1F.[H-].[K+]. The van der Waals surface area contributed by atoms with Crippen LogP contribution in [0, 0.1) is 5.82 Å². The molecule has 0 saturated carbocycles. The van der Waals surface area contributed by atoms with Gasteiger partial charge in [0.15, 0.2) is 0 Å². The van der Waals surface area contributed by atoms with Crippen LogP contribution in [0.2, 0.25) is 0 Å². The number of benzene rings is 1. The van der Waals surface area contributed by atoms with E-state index in [0.717, 1.165) is 12.1 Å². The molecule has 0 aliphatic heterocycles. The smallest absolute Gasteiger partial charge is 1.00 e. The summed E-state index contributed by atoms with van der Waals surface area (Å²) in [4.78, 5) is -0.694. The molecular weight excluding hydrogens is 210 g/mol. The fraction of sp³-hybridized carbons (Fsp3) is 0. The Labute approximate surface area is 114 Å². The normalized spacial score (nSPS) is 10.5. The molecule has 0 radical (unpaired) electrons. The molecule has 0 aromatic heterocycles. The summed E-state index contributed by atoms with van der Waals surface area (Å²) in [5.41, 5.74) is 0. The monoisotopic (exact) mass is 216 g/mol. The summed E-state index contributed by atoms with van der Waals surface area (Å²) in [5, 5.41) is 0. The Kier molecular flexibility index (Phi) is 5.08. The van der Waals surface area contributed by atoms with Crippen LogP contribution >= 0.6 is 0 Å². The molecule has 1 aromatic rings. The average Bonchev–Trinajstić information content (AvgIpc) is 1.86. The number of halogens is 1. The zero-order valence-electron chi connectivity index (χ0n) is 7.36. The molecule has 0 atom stereocenters. The third-order valence-corrected chi connectivity index (χ3v) is 2.00. The molecule has 0 fully saturated rings. The number of hydrogen-bond donors (Lipinski definition) is 1. The van der Waals surface area contributed by atoms with Gasteiger partial charge < -0.3 is 1.43 Å². The van der Waals surface area contributed by atoms with Gasteiger partial charge in [-0.15, -0.1) is 0 Å². The molecule has 0 saturated heterocycles. The van der Waals surface area contributed by atoms with E-state index in [1.54, 1.807) is 0 Å². The molecule has 0 bridgehead atoms. The van der Waals surface area contributed by atoms with Gasteiger partial charge in [0, 0.05) is 0 Å². The Morgan fingerprint density at radius 3 is 2.17 bits per heavy atom. The predicted molar refractivity (Wildman–Crippen MR) is 37.3 cm³/mol. The third kappa shape index (κ3) is 3.21. The molecule has 1 N–H and O–H groups in total. The first-order valence-electron chi connectivity index (χ1n) is 2.74. The van der Waals surface area contributed by atoms with Crippen molar-refractivity contribution in [1.29, 1.82) is 0 Å². The van der Waals surface area contributed by atoms with E-state index >= 15 is 0 Å². The molecular formula is C6H6FKO3S. The summed E-state index contributed by atoms with van der Waals surface area (Å²) in [7, 11) is -4.41. The largest absolute Gasteiger partial charge is 1.00 e. The fourth-order valence-corrected chi connectivity index (χ4v) is 1.22. The Morgan fingerprint density at radius 2 is 1.83 bits per heavy atom. The average molecular weight is 216 g/mol. The summed E-state index contributed by atoms with van der Waals surface area (Å²) in [6, 6.07) is 4.62. The Hall–Kier alpha value is 0.696. The van der Waals surface area contributed by atoms with Gasteiger partial charge in [-0.1, -0.05) is 12.1 Å². The first kappa shape index (κ1) is 12.7. The molecule has 0 aliphatic carbocycles. The quantitative estimate of drug-likeness (QED) is 0.445. The molecule has 0 heterocycles. The minimum absolute atomic E-state index is 0. The Balaban J connectivity index is 0. The van der Waals surface area contributed by atoms with E-state index in [-0.39, 0.29) is 52.8 Å². The standard InChI is InChI=1S/C6H5FO3S.K.H/c7-5-3-1-2-4-6(5)11(8,9)10;;/h1-4H,(H,8,9,10);;/q;+1;-1. The molecule has 3 nitrogen and oxygen atoms in total. The molecule has 12 heavy (non-hydrogen) atoms. The van der Waals surface area contributed by atoms with E-state index < -0.39 is 20.8 Å². The van der Waals surface area contributed by atoms with Crippen molar-refractivity contribution < 1.29 is 70.2 Å². The molecule has 1 aromatic carbocycles. The molecule has 0 unspecified atom stereocenters. The van der Waals surface area contributed by atoms with Gasteiger partial charge in [-0.3, -0.25) is 4.55 Å². The Morgan fingerprint density at radius 1 is 1.33 bits per heavy atom. The van der Waals surface area contributed by atoms with Gasteiger partial charge >= 0.3 is 51.4 Å². The maximum Gasteiger partial charge on any atom is 1.00 e. The van der Waals surface area contributed by atoms with Crippen molar-refractivity contribution in [3.8, 4) is 0 Å². The van der Waals surface area contributed by atoms with Crippen LogP contribution in [0.4, 0.5) is 4.39 Å². The molecule has 6 heteroatoms. The molecule has 62 valence electrons. The number of rotatable bonds is 1. The van der Waals surface area contributed by atoms with E-state index in [9.17, 15) is 12.8 Å². The van der Waals surface area contributed by atoms with Gasteiger partial charge in [0.2, 0.25) is 0 Å². The zero-order chi connectivity index (χ0) is 8.48. The van der Waals surface area contributed by atoms with Gasteiger partial charge in [-0.05, 0) is 12.1 Å².